The van der Waals surface area contributed by atoms with Crippen LogP contribution < -0.4 is 5.32 Å². The van der Waals surface area contributed by atoms with E-state index in [9.17, 15) is 18.0 Å². The average Bonchev–Trinajstić information content (AvgIpc) is 2.97. The summed E-state index contributed by atoms with van der Waals surface area (Å²) in [6.45, 7) is 1.43. The van der Waals surface area contributed by atoms with Crippen molar-refractivity contribution >= 4 is 33.3 Å². The quantitative estimate of drug-likeness (QED) is 0.700. The predicted molar refractivity (Wildman–Crippen MR) is 87.4 cm³/mol. The van der Waals surface area contributed by atoms with Gasteiger partial charge < -0.3 is 5.32 Å². The van der Waals surface area contributed by atoms with Gasteiger partial charge in [0.25, 0.3) is 0 Å². The lowest BCUT2D eigenvalue weighted by Crippen LogP contribution is -2.05. The standard InChI is InChI=1S/C16H12F3N3OS/c1-8(23)12-7-11-13(21-15(20-2)22-14(11)24-12)9-4-3-5-10(6-9)16(17,18)19/h3-7H,1-2H3,(H,20,21,22). The van der Waals surface area contributed by atoms with Crippen molar-refractivity contribution in [1.29, 1.82) is 0 Å². The molecule has 0 aliphatic carbocycles. The van der Waals surface area contributed by atoms with E-state index in [1.807, 2.05) is 0 Å². The van der Waals surface area contributed by atoms with Gasteiger partial charge in [0.15, 0.2) is 5.78 Å². The van der Waals surface area contributed by atoms with Crippen molar-refractivity contribution < 1.29 is 18.0 Å². The van der Waals surface area contributed by atoms with Crippen LogP contribution >= 0.6 is 11.3 Å². The first-order valence-corrected chi connectivity index (χ1v) is 7.79. The van der Waals surface area contributed by atoms with Gasteiger partial charge in [0.05, 0.1) is 16.1 Å². The maximum Gasteiger partial charge on any atom is 0.416 e. The zero-order chi connectivity index (χ0) is 17.5. The second-order valence-electron chi connectivity index (χ2n) is 5.11. The van der Waals surface area contributed by atoms with Crippen LogP contribution in [0, 0.1) is 0 Å². The molecule has 24 heavy (non-hydrogen) atoms. The van der Waals surface area contributed by atoms with Crippen molar-refractivity contribution in [2.75, 3.05) is 12.4 Å². The molecule has 0 unspecified atom stereocenters. The number of nitrogens with zero attached hydrogens (tertiary/aromatic N) is 2. The summed E-state index contributed by atoms with van der Waals surface area (Å²) in [4.78, 5) is 21.2. The van der Waals surface area contributed by atoms with Crippen LogP contribution in [-0.2, 0) is 6.18 Å². The molecule has 0 fully saturated rings. The number of carbonyl (C=O) groups is 1. The minimum atomic E-state index is -4.44. The smallest absolute Gasteiger partial charge is 0.357 e. The Morgan fingerprint density at radius 2 is 1.96 bits per heavy atom. The van der Waals surface area contributed by atoms with E-state index in [1.54, 1.807) is 19.2 Å². The summed E-state index contributed by atoms with van der Waals surface area (Å²) in [7, 11) is 1.62. The molecule has 2 heterocycles. The molecule has 0 spiro atoms. The van der Waals surface area contributed by atoms with E-state index < -0.39 is 11.7 Å². The molecule has 0 aliphatic rings. The van der Waals surface area contributed by atoms with Crippen LogP contribution in [0.15, 0.2) is 30.3 Å². The SMILES string of the molecule is CNc1nc(-c2cccc(C(F)(F)F)c2)c2cc(C(C)=O)sc2n1. The summed E-state index contributed by atoms with van der Waals surface area (Å²) in [6, 6.07) is 6.57. The van der Waals surface area contributed by atoms with Crippen LogP contribution in [0.5, 0.6) is 0 Å². The number of alkyl halides is 3. The monoisotopic (exact) mass is 351 g/mol. The highest BCUT2D eigenvalue weighted by Crippen LogP contribution is 2.36. The number of benzene rings is 1. The van der Waals surface area contributed by atoms with Crippen LogP contribution in [0.4, 0.5) is 19.1 Å². The van der Waals surface area contributed by atoms with Crippen LogP contribution in [0.1, 0.15) is 22.2 Å². The maximum absolute atomic E-state index is 13.0. The molecule has 0 atom stereocenters. The van der Waals surface area contributed by atoms with Gasteiger partial charge in [0.1, 0.15) is 4.83 Å². The molecule has 8 heteroatoms. The first-order valence-electron chi connectivity index (χ1n) is 6.97. The zero-order valence-corrected chi connectivity index (χ0v) is 13.5. The molecule has 1 N–H and O–H groups in total. The van der Waals surface area contributed by atoms with Gasteiger partial charge in [-0.15, -0.1) is 11.3 Å². The minimum Gasteiger partial charge on any atom is -0.357 e. The molecule has 0 radical (unpaired) electrons. The summed E-state index contributed by atoms with van der Waals surface area (Å²) in [5.74, 6) is 0.158. The van der Waals surface area contributed by atoms with Gasteiger partial charge >= 0.3 is 6.18 Å². The third-order valence-corrected chi connectivity index (χ3v) is 4.56. The highest BCUT2D eigenvalue weighted by molar-refractivity contribution is 7.20. The molecule has 1 aromatic carbocycles. The lowest BCUT2D eigenvalue weighted by molar-refractivity contribution is -0.137. The van der Waals surface area contributed by atoms with Crippen LogP contribution in [0.2, 0.25) is 0 Å². The highest BCUT2D eigenvalue weighted by atomic mass is 32.1. The molecule has 0 bridgehead atoms. The zero-order valence-electron chi connectivity index (χ0n) is 12.7. The molecular weight excluding hydrogens is 339 g/mol. The molecule has 0 aliphatic heterocycles. The molecule has 2 aromatic heterocycles. The Bertz CT molecular complexity index is 934. The Balaban J connectivity index is 2.26. The van der Waals surface area contributed by atoms with Gasteiger partial charge in [0.2, 0.25) is 5.95 Å². The predicted octanol–water partition coefficient (Wildman–Crippen LogP) is 4.62. The third kappa shape index (κ3) is 2.96. The Morgan fingerprint density at radius 3 is 2.58 bits per heavy atom. The number of anilines is 1. The van der Waals surface area contributed by atoms with E-state index >= 15 is 0 Å². The van der Waals surface area contributed by atoms with E-state index in [4.69, 9.17) is 0 Å². The van der Waals surface area contributed by atoms with Crippen molar-refractivity contribution in [3.63, 3.8) is 0 Å². The van der Waals surface area contributed by atoms with E-state index in [0.29, 0.717) is 26.4 Å². The summed E-state index contributed by atoms with van der Waals surface area (Å²) in [6.07, 6.45) is -4.44. The van der Waals surface area contributed by atoms with Gasteiger partial charge in [-0.2, -0.15) is 13.2 Å². The number of halogens is 3. The summed E-state index contributed by atoms with van der Waals surface area (Å²) >= 11 is 1.19. The number of fused-ring (bicyclic) bond motifs is 1. The molecule has 0 saturated heterocycles. The number of ketones is 1. The van der Waals surface area contributed by atoms with Gasteiger partial charge in [-0.05, 0) is 25.1 Å². The Labute approximate surface area is 139 Å². The normalized spacial score (nSPS) is 11.7. The van der Waals surface area contributed by atoms with Crippen molar-refractivity contribution in [3.05, 3.63) is 40.8 Å². The number of rotatable bonds is 3. The lowest BCUT2D eigenvalue weighted by atomic mass is 10.1. The van der Waals surface area contributed by atoms with Crippen molar-refractivity contribution in [2.24, 2.45) is 0 Å². The number of carbonyl (C=O) groups excluding carboxylic acids is 1. The van der Waals surface area contributed by atoms with Gasteiger partial charge in [-0.3, -0.25) is 4.79 Å². The Hall–Kier alpha value is -2.48. The Morgan fingerprint density at radius 1 is 1.21 bits per heavy atom. The molecule has 4 nitrogen and oxygen atoms in total. The van der Waals surface area contributed by atoms with Crippen molar-refractivity contribution in [3.8, 4) is 11.3 Å². The number of thiophene rings is 1. The fourth-order valence-electron chi connectivity index (χ4n) is 2.27. The summed E-state index contributed by atoms with van der Waals surface area (Å²) < 4.78 is 38.9. The van der Waals surface area contributed by atoms with Crippen molar-refractivity contribution in [2.45, 2.75) is 13.1 Å². The second kappa shape index (κ2) is 5.86. The summed E-state index contributed by atoms with van der Waals surface area (Å²) in [5.41, 5.74) is -0.0689. The van der Waals surface area contributed by atoms with Crippen molar-refractivity contribution in [1.82, 2.24) is 9.97 Å². The molecule has 0 saturated carbocycles. The number of Topliss-reactive ketones (excluding diaryl/α,β-unsaturated/α-hetero) is 1. The number of hydrogen-bond acceptors (Lipinski definition) is 5. The lowest BCUT2D eigenvalue weighted by Gasteiger charge is -2.10. The first-order chi connectivity index (χ1) is 11.3. The van der Waals surface area contributed by atoms with E-state index in [-0.39, 0.29) is 11.7 Å². The molecule has 124 valence electrons. The Kier molecular flexibility index (Phi) is 4.00. The van der Waals surface area contributed by atoms with Crippen LogP contribution in [0.25, 0.3) is 21.5 Å². The van der Waals surface area contributed by atoms with Gasteiger partial charge in [-0.25, -0.2) is 9.97 Å². The third-order valence-electron chi connectivity index (χ3n) is 3.43. The number of hydrogen-bond donors (Lipinski definition) is 1. The fourth-order valence-corrected chi connectivity index (χ4v) is 3.20. The van der Waals surface area contributed by atoms with E-state index in [2.05, 4.69) is 15.3 Å². The first kappa shape index (κ1) is 16.4. The summed E-state index contributed by atoms with van der Waals surface area (Å²) in [5, 5.41) is 3.35. The van der Waals surface area contributed by atoms with Gasteiger partial charge in [-0.1, -0.05) is 12.1 Å². The average molecular weight is 351 g/mol. The maximum atomic E-state index is 13.0. The second-order valence-corrected chi connectivity index (χ2v) is 6.14. The van der Waals surface area contributed by atoms with E-state index in [1.165, 1.54) is 24.3 Å². The van der Waals surface area contributed by atoms with E-state index in [0.717, 1.165) is 12.1 Å². The molecular formula is C16H12F3N3OS. The largest absolute Gasteiger partial charge is 0.416 e. The number of aromatic nitrogens is 2. The fraction of sp³-hybridized carbons (Fsp3) is 0.188. The highest BCUT2D eigenvalue weighted by Gasteiger charge is 2.30. The van der Waals surface area contributed by atoms with Crippen LogP contribution in [0.3, 0.4) is 0 Å². The topological polar surface area (TPSA) is 54.9 Å². The number of nitrogens with one attached hydrogen (secondary N) is 1. The molecule has 3 aromatic rings. The minimum absolute atomic E-state index is 0.126. The molecule has 0 amide bonds. The molecule has 3 rings (SSSR count). The van der Waals surface area contributed by atoms with Crippen LogP contribution in [-0.4, -0.2) is 22.8 Å². The van der Waals surface area contributed by atoms with Gasteiger partial charge in [0, 0.05) is 18.0 Å².